The van der Waals surface area contributed by atoms with Crippen LogP contribution in [0.3, 0.4) is 0 Å². The second kappa shape index (κ2) is 5.57. The van der Waals surface area contributed by atoms with E-state index in [1.807, 2.05) is 12.1 Å². The highest BCUT2D eigenvalue weighted by Crippen LogP contribution is 2.21. The van der Waals surface area contributed by atoms with Gasteiger partial charge in [0.15, 0.2) is 11.7 Å². The summed E-state index contributed by atoms with van der Waals surface area (Å²) < 4.78 is 5.79. The Balaban J connectivity index is 1.99. The number of rotatable bonds is 4. The molecule has 0 aliphatic rings. The first-order chi connectivity index (χ1) is 8.94. The lowest BCUT2D eigenvalue weighted by Crippen LogP contribution is -2.37. The summed E-state index contributed by atoms with van der Waals surface area (Å²) in [6.07, 6.45) is 2.62. The van der Waals surface area contributed by atoms with Crippen molar-refractivity contribution >= 4 is 0 Å². The van der Waals surface area contributed by atoms with E-state index < -0.39 is 0 Å². The van der Waals surface area contributed by atoms with E-state index in [1.165, 1.54) is 5.56 Å². The highest BCUT2D eigenvalue weighted by molar-refractivity contribution is 5.57. The van der Waals surface area contributed by atoms with E-state index in [0.29, 0.717) is 0 Å². The molecule has 0 atom stereocenters. The molecule has 0 saturated heterocycles. The first-order valence-electron chi connectivity index (χ1n) is 6.71. The van der Waals surface area contributed by atoms with E-state index >= 15 is 0 Å². The van der Waals surface area contributed by atoms with Crippen LogP contribution in [0.4, 0.5) is 0 Å². The molecule has 0 saturated carbocycles. The molecular weight excluding hydrogens is 236 g/mol. The lowest BCUT2D eigenvalue weighted by molar-refractivity contribution is 0.412. The van der Waals surface area contributed by atoms with E-state index in [2.05, 4.69) is 50.1 Å². The summed E-state index contributed by atoms with van der Waals surface area (Å²) in [5, 5.41) is 3.43. The molecule has 0 fully saturated rings. The standard InChI is InChI=1S/C16H22N2O/c1-12-6-5-7-13(10-12)14-11-17-15(19-14)8-9-18-16(2,3)4/h5-7,10-11,18H,8-9H2,1-4H3. The molecule has 1 N–H and O–H groups in total. The number of nitrogens with one attached hydrogen (secondary N) is 1. The molecular formula is C16H22N2O. The van der Waals surface area contributed by atoms with Crippen LogP contribution in [-0.4, -0.2) is 17.1 Å². The zero-order valence-corrected chi connectivity index (χ0v) is 12.2. The van der Waals surface area contributed by atoms with Crippen LogP contribution in [0.5, 0.6) is 0 Å². The van der Waals surface area contributed by atoms with Gasteiger partial charge in [0.2, 0.25) is 0 Å². The number of oxazole rings is 1. The highest BCUT2D eigenvalue weighted by Gasteiger charge is 2.10. The fourth-order valence-electron chi connectivity index (χ4n) is 1.90. The molecule has 0 spiro atoms. The average molecular weight is 258 g/mol. The molecule has 19 heavy (non-hydrogen) atoms. The van der Waals surface area contributed by atoms with Crippen LogP contribution in [0.2, 0.25) is 0 Å². The van der Waals surface area contributed by atoms with Gasteiger partial charge in [-0.25, -0.2) is 4.98 Å². The third kappa shape index (κ3) is 4.21. The third-order valence-electron chi connectivity index (χ3n) is 2.85. The van der Waals surface area contributed by atoms with Gasteiger partial charge < -0.3 is 9.73 Å². The van der Waals surface area contributed by atoms with Gasteiger partial charge in [-0.3, -0.25) is 0 Å². The summed E-state index contributed by atoms with van der Waals surface area (Å²) in [5.74, 6) is 1.63. The SMILES string of the molecule is Cc1cccc(-c2cnc(CCNC(C)(C)C)o2)c1. The molecule has 2 rings (SSSR count). The van der Waals surface area contributed by atoms with Crippen LogP contribution >= 0.6 is 0 Å². The van der Waals surface area contributed by atoms with Crippen LogP contribution in [0, 0.1) is 6.92 Å². The second-order valence-corrected chi connectivity index (χ2v) is 5.91. The fraction of sp³-hybridized carbons (Fsp3) is 0.438. The van der Waals surface area contributed by atoms with Gasteiger partial charge in [-0.1, -0.05) is 23.8 Å². The minimum atomic E-state index is 0.131. The molecule has 1 aromatic carbocycles. The predicted octanol–water partition coefficient (Wildman–Crippen LogP) is 3.58. The molecule has 0 aliphatic heterocycles. The maximum Gasteiger partial charge on any atom is 0.196 e. The molecule has 0 amide bonds. The van der Waals surface area contributed by atoms with Crippen LogP contribution in [-0.2, 0) is 6.42 Å². The van der Waals surface area contributed by atoms with Crippen molar-refractivity contribution in [3.05, 3.63) is 41.9 Å². The summed E-state index contributed by atoms with van der Waals surface area (Å²) in [6, 6.07) is 8.27. The van der Waals surface area contributed by atoms with Crippen molar-refractivity contribution in [2.75, 3.05) is 6.54 Å². The molecule has 0 radical (unpaired) electrons. The molecule has 102 valence electrons. The first kappa shape index (κ1) is 13.8. The highest BCUT2D eigenvalue weighted by atomic mass is 16.4. The minimum absolute atomic E-state index is 0.131. The van der Waals surface area contributed by atoms with Gasteiger partial charge in [0, 0.05) is 24.1 Å². The average Bonchev–Trinajstić information content (AvgIpc) is 2.76. The zero-order valence-electron chi connectivity index (χ0n) is 12.2. The van der Waals surface area contributed by atoms with Crippen LogP contribution in [0.15, 0.2) is 34.9 Å². The summed E-state index contributed by atoms with van der Waals surface area (Å²) in [7, 11) is 0. The second-order valence-electron chi connectivity index (χ2n) is 5.91. The lowest BCUT2D eigenvalue weighted by Gasteiger charge is -2.19. The Morgan fingerprint density at radius 2 is 2.05 bits per heavy atom. The zero-order chi connectivity index (χ0) is 13.9. The van der Waals surface area contributed by atoms with Crippen LogP contribution in [0.25, 0.3) is 11.3 Å². The normalized spacial score (nSPS) is 11.8. The summed E-state index contributed by atoms with van der Waals surface area (Å²) in [4.78, 5) is 4.34. The van der Waals surface area contributed by atoms with Crippen molar-refractivity contribution in [3.63, 3.8) is 0 Å². The largest absolute Gasteiger partial charge is 0.441 e. The summed E-state index contributed by atoms with van der Waals surface area (Å²) in [5.41, 5.74) is 2.44. The number of hydrogen-bond donors (Lipinski definition) is 1. The maximum atomic E-state index is 5.79. The molecule has 2 aromatic rings. The maximum absolute atomic E-state index is 5.79. The molecule has 0 aliphatic carbocycles. The van der Waals surface area contributed by atoms with Crippen LogP contribution in [0.1, 0.15) is 32.2 Å². The van der Waals surface area contributed by atoms with Gasteiger partial charge in [0.05, 0.1) is 6.20 Å². The van der Waals surface area contributed by atoms with Gasteiger partial charge in [-0.05, 0) is 33.8 Å². The van der Waals surface area contributed by atoms with Crippen LogP contribution < -0.4 is 5.32 Å². The van der Waals surface area contributed by atoms with Crippen molar-refractivity contribution in [3.8, 4) is 11.3 Å². The number of nitrogens with zero attached hydrogens (tertiary/aromatic N) is 1. The van der Waals surface area contributed by atoms with E-state index in [4.69, 9.17) is 4.42 Å². The van der Waals surface area contributed by atoms with Crippen molar-refractivity contribution in [2.24, 2.45) is 0 Å². The van der Waals surface area contributed by atoms with Gasteiger partial charge in [-0.2, -0.15) is 0 Å². The topological polar surface area (TPSA) is 38.1 Å². The number of aromatic nitrogens is 1. The Labute approximate surface area is 115 Å². The Kier molecular flexibility index (Phi) is 4.05. The molecule has 0 unspecified atom stereocenters. The Morgan fingerprint density at radius 3 is 2.74 bits per heavy atom. The van der Waals surface area contributed by atoms with Gasteiger partial charge in [0.25, 0.3) is 0 Å². The van der Waals surface area contributed by atoms with E-state index in [0.717, 1.165) is 30.2 Å². The quantitative estimate of drug-likeness (QED) is 0.911. The smallest absolute Gasteiger partial charge is 0.196 e. The number of benzene rings is 1. The Hall–Kier alpha value is -1.61. The van der Waals surface area contributed by atoms with E-state index in [-0.39, 0.29) is 5.54 Å². The van der Waals surface area contributed by atoms with Gasteiger partial charge in [-0.15, -0.1) is 0 Å². The Bertz CT molecular complexity index is 538. The van der Waals surface area contributed by atoms with E-state index in [9.17, 15) is 0 Å². The van der Waals surface area contributed by atoms with E-state index in [1.54, 1.807) is 6.20 Å². The van der Waals surface area contributed by atoms with Crippen molar-refractivity contribution < 1.29 is 4.42 Å². The lowest BCUT2D eigenvalue weighted by atomic mass is 10.1. The van der Waals surface area contributed by atoms with Crippen molar-refractivity contribution in [2.45, 2.75) is 39.7 Å². The summed E-state index contributed by atoms with van der Waals surface area (Å²) >= 11 is 0. The predicted molar refractivity (Wildman–Crippen MR) is 78.1 cm³/mol. The summed E-state index contributed by atoms with van der Waals surface area (Å²) in [6.45, 7) is 9.41. The molecule has 3 nitrogen and oxygen atoms in total. The number of aryl methyl sites for hydroxylation is 1. The fourth-order valence-corrected chi connectivity index (χ4v) is 1.90. The molecule has 0 bridgehead atoms. The minimum Gasteiger partial charge on any atom is -0.441 e. The molecule has 3 heteroatoms. The number of hydrogen-bond acceptors (Lipinski definition) is 3. The van der Waals surface area contributed by atoms with Gasteiger partial charge in [0.1, 0.15) is 0 Å². The van der Waals surface area contributed by atoms with Crippen molar-refractivity contribution in [1.29, 1.82) is 0 Å². The van der Waals surface area contributed by atoms with Crippen molar-refractivity contribution in [1.82, 2.24) is 10.3 Å². The third-order valence-corrected chi connectivity index (χ3v) is 2.85. The first-order valence-corrected chi connectivity index (χ1v) is 6.71. The molecule has 1 heterocycles. The Morgan fingerprint density at radius 1 is 1.26 bits per heavy atom. The monoisotopic (exact) mass is 258 g/mol. The molecule has 1 aromatic heterocycles. The van der Waals surface area contributed by atoms with Gasteiger partial charge >= 0.3 is 0 Å².